The van der Waals surface area contributed by atoms with Gasteiger partial charge >= 0.3 is 6.61 Å². The number of H-pyrrole nitrogens is 1. The van der Waals surface area contributed by atoms with Gasteiger partial charge in [-0.1, -0.05) is 12.1 Å². The van der Waals surface area contributed by atoms with Crippen LogP contribution in [0, 0.1) is 4.77 Å². The van der Waals surface area contributed by atoms with Crippen LogP contribution in [0.1, 0.15) is 0 Å². The van der Waals surface area contributed by atoms with E-state index in [1.54, 1.807) is 23.7 Å². The summed E-state index contributed by atoms with van der Waals surface area (Å²) in [7, 11) is 1.74. The van der Waals surface area contributed by atoms with Crippen LogP contribution in [-0.4, -0.2) is 21.4 Å². The molecule has 0 saturated heterocycles. The maximum Gasteiger partial charge on any atom is 0.387 e. The Balaban J connectivity index is 2.39. The quantitative estimate of drug-likeness (QED) is 0.860. The molecule has 0 fully saturated rings. The molecule has 2 aromatic rings. The molecule has 1 aromatic heterocycles. The van der Waals surface area contributed by atoms with Crippen LogP contribution >= 0.6 is 12.2 Å². The van der Waals surface area contributed by atoms with Crippen molar-refractivity contribution in [1.29, 1.82) is 0 Å². The number of rotatable bonds is 3. The van der Waals surface area contributed by atoms with Gasteiger partial charge in [0.05, 0.1) is 0 Å². The Morgan fingerprint density at radius 1 is 1.47 bits per heavy atom. The number of benzene rings is 1. The van der Waals surface area contributed by atoms with Gasteiger partial charge in [-0.2, -0.15) is 13.9 Å². The van der Waals surface area contributed by atoms with Gasteiger partial charge in [0.15, 0.2) is 10.6 Å². The smallest absolute Gasteiger partial charge is 0.387 e. The number of aromatic amines is 1. The number of halogens is 2. The normalized spacial score (nSPS) is 10.8. The molecule has 1 heterocycles. The van der Waals surface area contributed by atoms with Crippen molar-refractivity contribution in [2.24, 2.45) is 7.05 Å². The fourth-order valence-electron chi connectivity index (χ4n) is 1.42. The fraction of sp³-hybridized carbons (Fsp3) is 0.200. The molecular formula is C10H9F2N3OS. The van der Waals surface area contributed by atoms with Gasteiger partial charge < -0.3 is 9.30 Å². The first-order valence-electron chi connectivity index (χ1n) is 4.74. The molecule has 0 radical (unpaired) electrons. The Bertz CT molecular complexity index is 579. The van der Waals surface area contributed by atoms with Crippen LogP contribution in [0.15, 0.2) is 24.3 Å². The largest absolute Gasteiger partial charge is 0.435 e. The Hall–Kier alpha value is -1.76. The molecule has 1 N–H and O–H groups in total. The topological polar surface area (TPSA) is 42.8 Å². The molecule has 0 unspecified atom stereocenters. The molecule has 2 rings (SSSR count). The number of aromatic nitrogens is 3. The first-order chi connectivity index (χ1) is 8.08. The van der Waals surface area contributed by atoms with Gasteiger partial charge in [0.1, 0.15) is 5.75 Å². The van der Waals surface area contributed by atoms with Crippen LogP contribution in [0.25, 0.3) is 11.4 Å². The van der Waals surface area contributed by atoms with Crippen molar-refractivity contribution in [2.45, 2.75) is 6.61 Å². The van der Waals surface area contributed by atoms with Crippen molar-refractivity contribution in [3.05, 3.63) is 29.0 Å². The van der Waals surface area contributed by atoms with E-state index < -0.39 is 6.61 Å². The van der Waals surface area contributed by atoms with Crippen molar-refractivity contribution in [3.63, 3.8) is 0 Å². The third-order valence-corrected chi connectivity index (χ3v) is 2.56. The van der Waals surface area contributed by atoms with E-state index in [-0.39, 0.29) is 5.75 Å². The summed E-state index contributed by atoms with van der Waals surface area (Å²) in [6.45, 7) is -2.84. The van der Waals surface area contributed by atoms with E-state index in [9.17, 15) is 8.78 Å². The second-order valence-corrected chi connectivity index (χ2v) is 3.70. The Kier molecular flexibility index (Phi) is 3.19. The first kappa shape index (κ1) is 11.7. The van der Waals surface area contributed by atoms with Crippen LogP contribution in [0.3, 0.4) is 0 Å². The highest BCUT2D eigenvalue weighted by Crippen LogP contribution is 2.22. The predicted molar refractivity (Wildman–Crippen MR) is 60.5 cm³/mol. The predicted octanol–water partition coefficient (Wildman–Crippen LogP) is 2.75. The summed E-state index contributed by atoms with van der Waals surface area (Å²) in [6, 6.07) is 6.29. The maximum atomic E-state index is 12.1. The van der Waals surface area contributed by atoms with Crippen molar-refractivity contribution >= 4 is 12.2 Å². The van der Waals surface area contributed by atoms with Crippen molar-refractivity contribution in [3.8, 4) is 17.1 Å². The lowest BCUT2D eigenvalue weighted by Gasteiger charge is -2.06. The van der Waals surface area contributed by atoms with E-state index in [0.29, 0.717) is 16.2 Å². The molecule has 90 valence electrons. The number of ether oxygens (including phenoxy) is 1. The summed E-state index contributed by atoms with van der Waals surface area (Å²) in [5.41, 5.74) is 0.651. The zero-order valence-corrected chi connectivity index (χ0v) is 9.67. The van der Waals surface area contributed by atoms with Crippen LogP contribution in [0.2, 0.25) is 0 Å². The summed E-state index contributed by atoms with van der Waals surface area (Å²) in [5.74, 6) is 0.654. The second kappa shape index (κ2) is 4.62. The van der Waals surface area contributed by atoms with Gasteiger partial charge in [-0.25, -0.2) is 0 Å². The average Bonchev–Trinajstić information content (AvgIpc) is 2.59. The maximum absolute atomic E-state index is 12.1. The fourth-order valence-corrected chi connectivity index (χ4v) is 1.55. The van der Waals surface area contributed by atoms with Gasteiger partial charge in [0.2, 0.25) is 0 Å². The lowest BCUT2D eigenvalue weighted by Crippen LogP contribution is -2.02. The van der Waals surface area contributed by atoms with E-state index in [1.165, 1.54) is 12.1 Å². The molecule has 1 aromatic carbocycles. The lowest BCUT2D eigenvalue weighted by molar-refractivity contribution is -0.0498. The Morgan fingerprint density at radius 3 is 2.82 bits per heavy atom. The Labute approximate surface area is 101 Å². The zero-order valence-electron chi connectivity index (χ0n) is 8.85. The van der Waals surface area contributed by atoms with Gasteiger partial charge in [-0.3, -0.25) is 5.10 Å². The molecule has 0 amide bonds. The minimum absolute atomic E-state index is 0.0893. The van der Waals surface area contributed by atoms with Crippen molar-refractivity contribution < 1.29 is 13.5 Å². The van der Waals surface area contributed by atoms with Crippen LogP contribution in [0.5, 0.6) is 5.75 Å². The third kappa shape index (κ3) is 2.50. The van der Waals surface area contributed by atoms with E-state index in [4.69, 9.17) is 12.2 Å². The van der Waals surface area contributed by atoms with Gasteiger partial charge in [0.25, 0.3) is 0 Å². The van der Waals surface area contributed by atoms with Gasteiger partial charge in [0, 0.05) is 12.6 Å². The molecule has 0 atom stereocenters. The number of hydrogen-bond acceptors (Lipinski definition) is 3. The lowest BCUT2D eigenvalue weighted by atomic mass is 10.2. The van der Waals surface area contributed by atoms with Crippen LogP contribution in [0.4, 0.5) is 8.78 Å². The number of nitrogens with one attached hydrogen (secondary N) is 1. The van der Waals surface area contributed by atoms with E-state index in [1.807, 2.05) is 0 Å². The van der Waals surface area contributed by atoms with Crippen molar-refractivity contribution in [1.82, 2.24) is 14.8 Å². The second-order valence-electron chi connectivity index (χ2n) is 3.32. The monoisotopic (exact) mass is 257 g/mol. The SMILES string of the molecule is Cn1c(-c2cccc(OC(F)F)c2)n[nH]c1=S. The first-order valence-corrected chi connectivity index (χ1v) is 5.15. The minimum Gasteiger partial charge on any atom is -0.435 e. The molecule has 0 spiro atoms. The summed E-state index contributed by atoms with van der Waals surface area (Å²) < 4.78 is 30.6. The molecule has 0 saturated carbocycles. The van der Waals surface area contributed by atoms with Crippen molar-refractivity contribution in [2.75, 3.05) is 0 Å². The molecule has 7 heteroatoms. The molecule has 4 nitrogen and oxygen atoms in total. The zero-order chi connectivity index (χ0) is 12.4. The van der Waals surface area contributed by atoms with Gasteiger partial charge in [-0.05, 0) is 24.4 Å². The number of nitrogens with zero attached hydrogens (tertiary/aromatic N) is 2. The highest BCUT2D eigenvalue weighted by Gasteiger charge is 2.09. The highest BCUT2D eigenvalue weighted by atomic mass is 32.1. The van der Waals surface area contributed by atoms with E-state index >= 15 is 0 Å². The average molecular weight is 257 g/mol. The van der Waals surface area contributed by atoms with Crippen LogP contribution in [-0.2, 0) is 7.05 Å². The minimum atomic E-state index is -2.84. The van der Waals surface area contributed by atoms with E-state index in [2.05, 4.69) is 14.9 Å². The summed E-state index contributed by atoms with van der Waals surface area (Å²) in [4.78, 5) is 0. The highest BCUT2D eigenvalue weighted by molar-refractivity contribution is 7.71. The summed E-state index contributed by atoms with van der Waals surface area (Å²) >= 11 is 4.97. The Morgan fingerprint density at radius 2 is 2.24 bits per heavy atom. The third-order valence-electron chi connectivity index (χ3n) is 2.20. The molecule has 0 aliphatic heterocycles. The summed E-state index contributed by atoms with van der Waals surface area (Å²) in [5, 5.41) is 6.63. The summed E-state index contributed by atoms with van der Waals surface area (Å²) in [6.07, 6.45) is 0. The molecule has 0 aliphatic rings. The van der Waals surface area contributed by atoms with E-state index in [0.717, 1.165) is 0 Å². The van der Waals surface area contributed by atoms with Crippen LogP contribution < -0.4 is 4.74 Å². The standard InChI is InChI=1S/C10H9F2N3OS/c1-15-8(13-14-10(15)17)6-3-2-4-7(5-6)16-9(11)12/h2-5,9H,1H3,(H,14,17). The molecule has 17 heavy (non-hydrogen) atoms. The molecule has 0 bridgehead atoms. The molecule has 0 aliphatic carbocycles. The number of hydrogen-bond donors (Lipinski definition) is 1. The molecular weight excluding hydrogens is 248 g/mol. The van der Waals surface area contributed by atoms with Gasteiger partial charge in [-0.15, -0.1) is 0 Å². The number of alkyl halides is 2.